The predicted molar refractivity (Wildman–Crippen MR) is 85.6 cm³/mol. The number of carbonyl (C=O) groups is 1. The summed E-state index contributed by atoms with van der Waals surface area (Å²) in [6, 6.07) is 5.39. The standard InChI is InChI=1S/C16H22N4O/c1-4-5-6-9-17-16(21)20-13-7-8-14-15(10-13)19-12(3)11(2)18-14/h7-8,10H,4-6,9H2,1-3H3,(H2,17,20,21). The average molecular weight is 286 g/mol. The molecule has 0 aliphatic rings. The molecule has 5 nitrogen and oxygen atoms in total. The number of hydrogen-bond acceptors (Lipinski definition) is 3. The summed E-state index contributed by atoms with van der Waals surface area (Å²) < 4.78 is 0. The molecule has 5 heteroatoms. The zero-order valence-electron chi connectivity index (χ0n) is 12.9. The van der Waals surface area contributed by atoms with Gasteiger partial charge >= 0.3 is 6.03 Å². The number of hydrogen-bond donors (Lipinski definition) is 2. The Kier molecular flexibility index (Phi) is 5.09. The van der Waals surface area contributed by atoms with E-state index in [2.05, 4.69) is 27.5 Å². The van der Waals surface area contributed by atoms with Crippen molar-refractivity contribution in [1.29, 1.82) is 0 Å². The summed E-state index contributed by atoms with van der Waals surface area (Å²) in [5, 5.41) is 5.68. The smallest absolute Gasteiger partial charge is 0.319 e. The number of nitrogens with one attached hydrogen (secondary N) is 2. The van der Waals surface area contributed by atoms with Gasteiger partial charge < -0.3 is 10.6 Å². The van der Waals surface area contributed by atoms with Crippen molar-refractivity contribution in [2.24, 2.45) is 0 Å². The van der Waals surface area contributed by atoms with E-state index in [-0.39, 0.29) is 6.03 Å². The van der Waals surface area contributed by atoms with Gasteiger partial charge in [-0.3, -0.25) is 0 Å². The maximum Gasteiger partial charge on any atom is 0.319 e. The molecule has 0 atom stereocenters. The first-order valence-corrected chi connectivity index (χ1v) is 7.40. The van der Waals surface area contributed by atoms with Gasteiger partial charge in [0.1, 0.15) is 0 Å². The van der Waals surface area contributed by atoms with Gasteiger partial charge in [0.05, 0.1) is 22.4 Å². The Morgan fingerprint density at radius 2 is 1.81 bits per heavy atom. The van der Waals surface area contributed by atoms with Crippen LogP contribution in [0.25, 0.3) is 11.0 Å². The molecular formula is C16H22N4O. The quantitative estimate of drug-likeness (QED) is 0.826. The summed E-state index contributed by atoms with van der Waals surface area (Å²) in [6.07, 6.45) is 3.28. The van der Waals surface area contributed by atoms with E-state index in [0.717, 1.165) is 47.4 Å². The SMILES string of the molecule is CCCCCNC(=O)Nc1ccc2nc(C)c(C)nc2c1. The second-order valence-electron chi connectivity index (χ2n) is 5.19. The van der Waals surface area contributed by atoms with Crippen molar-refractivity contribution in [2.45, 2.75) is 40.0 Å². The highest BCUT2D eigenvalue weighted by Gasteiger charge is 2.05. The number of aryl methyl sites for hydroxylation is 2. The number of unbranched alkanes of at least 4 members (excludes halogenated alkanes) is 2. The number of fused-ring (bicyclic) bond motifs is 1. The molecule has 21 heavy (non-hydrogen) atoms. The van der Waals surface area contributed by atoms with Crippen LogP contribution in [0.15, 0.2) is 18.2 Å². The van der Waals surface area contributed by atoms with E-state index in [0.29, 0.717) is 6.54 Å². The Bertz CT molecular complexity index is 639. The van der Waals surface area contributed by atoms with Crippen LogP contribution >= 0.6 is 0 Å². The number of urea groups is 1. The molecule has 1 aromatic carbocycles. The molecular weight excluding hydrogens is 264 g/mol. The number of anilines is 1. The summed E-state index contributed by atoms with van der Waals surface area (Å²) in [4.78, 5) is 20.7. The lowest BCUT2D eigenvalue weighted by Gasteiger charge is -2.08. The van der Waals surface area contributed by atoms with Gasteiger partial charge in [-0.2, -0.15) is 0 Å². The van der Waals surface area contributed by atoms with E-state index in [4.69, 9.17) is 0 Å². The Morgan fingerprint density at radius 1 is 1.10 bits per heavy atom. The Hall–Kier alpha value is -2.17. The topological polar surface area (TPSA) is 66.9 Å². The summed E-state index contributed by atoms with van der Waals surface area (Å²) in [5.74, 6) is 0. The molecule has 0 spiro atoms. The minimum atomic E-state index is -0.178. The van der Waals surface area contributed by atoms with E-state index in [1.807, 2.05) is 32.0 Å². The Labute approximate surface area is 125 Å². The van der Waals surface area contributed by atoms with Crippen LogP contribution in [-0.4, -0.2) is 22.5 Å². The summed E-state index contributed by atoms with van der Waals surface area (Å²) in [5.41, 5.74) is 4.20. The number of benzene rings is 1. The van der Waals surface area contributed by atoms with Crippen molar-refractivity contribution in [2.75, 3.05) is 11.9 Å². The normalized spacial score (nSPS) is 10.6. The van der Waals surface area contributed by atoms with Crippen LogP contribution in [0.2, 0.25) is 0 Å². The monoisotopic (exact) mass is 286 g/mol. The van der Waals surface area contributed by atoms with Gasteiger partial charge in [0.2, 0.25) is 0 Å². The summed E-state index contributed by atoms with van der Waals surface area (Å²) >= 11 is 0. The van der Waals surface area contributed by atoms with Gasteiger partial charge in [0.25, 0.3) is 0 Å². The van der Waals surface area contributed by atoms with Crippen molar-refractivity contribution >= 4 is 22.8 Å². The van der Waals surface area contributed by atoms with Gasteiger partial charge in [-0.15, -0.1) is 0 Å². The molecule has 2 aromatic rings. The molecule has 2 N–H and O–H groups in total. The first-order chi connectivity index (χ1) is 10.1. The van der Waals surface area contributed by atoms with E-state index < -0.39 is 0 Å². The number of carbonyl (C=O) groups excluding carboxylic acids is 1. The number of nitrogens with zero attached hydrogens (tertiary/aromatic N) is 2. The molecule has 0 radical (unpaired) electrons. The molecule has 2 rings (SSSR count). The molecule has 0 aliphatic heterocycles. The van der Waals surface area contributed by atoms with Crippen LogP contribution < -0.4 is 10.6 Å². The van der Waals surface area contributed by atoms with Crippen LogP contribution in [0.1, 0.15) is 37.6 Å². The van der Waals surface area contributed by atoms with Crippen LogP contribution in [0.4, 0.5) is 10.5 Å². The first kappa shape index (κ1) is 15.2. The van der Waals surface area contributed by atoms with Crippen molar-refractivity contribution in [3.63, 3.8) is 0 Å². The third-order valence-electron chi connectivity index (χ3n) is 3.40. The van der Waals surface area contributed by atoms with Gasteiger partial charge in [-0.25, -0.2) is 14.8 Å². The molecule has 1 aromatic heterocycles. The zero-order valence-corrected chi connectivity index (χ0v) is 12.9. The van der Waals surface area contributed by atoms with E-state index >= 15 is 0 Å². The maximum absolute atomic E-state index is 11.8. The molecule has 0 aliphatic carbocycles. The first-order valence-electron chi connectivity index (χ1n) is 7.40. The maximum atomic E-state index is 11.8. The highest BCUT2D eigenvalue weighted by molar-refractivity contribution is 5.91. The zero-order chi connectivity index (χ0) is 15.2. The minimum absolute atomic E-state index is 0.178. The summed E-state index contributed by atoms with van der Waals surface area (Å²) in [7, 11) is 0. The third-order valence-corrected chi connectivity index (χ3v) is 3.40. The summed E-state index contributed by atoms with van der Waals surface area (Å²) in [6.45, 7) is 6.71. The lowest BCUT2D eigenvalue weighted by Crippen LogP contribution is -2.29. The fraction of sp³-hybridized carbons (Fsp3) is 0.438. The highest BCUT2D eigenvalue weighted by atomic mass is 16.2. The number of aromatic nitrogens is 2. The molecule has 0 unspecified atom stereocenters. The Balaban J connectivity index is 2.02. The molecule has 2 amide bonds. The highest BCUT2D eigenvalue weighted by Crippen LogP contribution is 2.17. The second kappa shape index (κ2) is 7.02. The van der Waals surface area contributed by atoms with Crippen LogP contribution in [0.3, 0.4) is 0 Å². The van der Waals surface area contributed by atoms with Crippen molar-refractivity contribution in [3.8, 4) is 0 Å². The fourth-order valence-electron chi connectivity index (χ4n) is 2.06. The Morgan fingerprint density at radius 3 is 2.52 bits per heavy atom. The predicted octanol–water partition coefficient (Wildman–Crippen LogP) is 3.56. The van der Waals surface area contributed by atoms with E-state index in [9.17, 15) is 4.79 Å². The van der Waals surface area contributed by atoms with Crippen LogP contribution in [0.5, 0.6) is 0 Å². The second-order valence-corrected chi connectivity index (χ2v) is 5.19. The lowest BCUT2D eigenvalue weighted by molar-refractivity contribution is 0.252. The van der Waals surface area contributed by atoms with Crippen LogP contribution in [0, 0.1) is 13.8 Å². The van der Waals surface area contributed by atoms with Gasteiger partial charge in [0.15, 0.2) is 0 Å². The van der Waals surface area contributed by atoms with E-state index in [1.54, 1.807) is 0 Å². The van der Waals surface area contributed by atoms with Gasteiger partial charge in [-0.1, -0.05) is 19.8 Å². The van der Waals surface area contributed by atoms with Crippen molar-refractivity contribution < 1.29 is 4.79 Å². The molecule has 0 saturated carbocycles. The molecule has 1 heterocycles. The van der Waals surface area contributed by atoms with Crippen LogP contribution in [-0.2, 0) is 0 Å². The van der Waals surface area contributed by atoms with Gasteiger partial charge in [0, 0.05) is 12.2 Å². The molecule has 112 valence electrons. The number of rotatable bonds is 5. The molecule has 0 fully saturated rings. The largest absolute Gasteiger partial charge is 0.338 e. The molecule has 0 saturated heterocycles. The van der Waals surface area contributed by atoms with Crippen molar-refractivity contribution in [3.05, 3.63) is 29.6 Å². The molecule has 0 bridgehead atoms. The van der Waals surface area contributed by atoms with Crippen molar-refractivity contribution in [1.82, 2.24) is 15.3 Å². The average Bonchev–Trinajstić information content (AvgIpc) is 2.45. The van der Waals surface area contributed by atoms with E-state index in [1.165, 1.54) is 0 Å². The number of amides is 2. The lowest BCUT2D eigenvalue weighted by atomic mass is 10.2. The van der Waals surface area contributed by atoms with Gasteiger partial charge in [-0.05, 0) is 38.5 Å². The third kappa shape index (κ3) is 4.15. The fourth-order valence-corrected chi connectivity index (χ4v) is 2.06. The minimum Gasteiger partial charge on any atom is -0.338 e.